The molecule has 0 aliphatic carbocycles. The molecule has 7 nitrogen and oxygen atoms in total. The summed E-state index contributed by atoms with van der Waals surface area (Å²) in [7, 11) is 0. The van der Waals surface area contributed by atoms with Crippen LogP contribution in [0.2, 0.25) is 0 Å². The second-order valence-corrected chi connectivity index (χ2v) is 4.10. The molecule has 2 aromatic rings. The number of anilines is 1. The first-order valence-corrected chi connectivity index (χ1v) is 6.75. The third-order valence-electron chi connectivity index (χ3n) is 2.49. The number of hydrogen-bond donors (Lipinski definition) is 2. The van der Waals surface area contributed by atoms with E-state index in [1.807, 2.05) is 13.8 Å². The van der Waals surface area contributed by atoms with E-state index < -0.39 is 0 Å². The molecule has 0 saturated heterocycles. The molecule has 2 rings (SSSR count). The Hall–Kier alpha value is -2.41. The highest BCUT2D eigenvalue weighted by Crippen LogP contribution is 2.21. The van der Waals surface area contributed by atoms with Gasteiger partial charge in [-0.2, -0.15) is 9.97 Å². The van der Waals surface area contributed by atoms with E-state index in [4.69, 9.17) is 14.6 Å². The molecule has 0 fully saturated rings. The molecular weight excluding hydrogens is 272 g/mol. The van der Waals surface area contributed by atoms with Gasteiger partial charge in [-0.05, 0) is 31.5 Å². The number of nitrogens with one attached hydrogen (secondary N) is 1. The van der Waals surface area contributed by atoms with Crippen LogP contribution < -0.4 is 14.8 Å². The lowest BCUT2D eigenvalue weighted by atomic mass is 10.2. The molecule has 1 heterocycles. The summed E-state index contributed by atoms with van der Waals surface area (Å²) in [5.74, 6) is 0.932. The van der Waals surface area contributed by atoms with Gasteiger partial charge in [0.1, 0.15) is 5.75 Å². The molecule has 0 aliphatic heterocycles. The third-order valence-corrected chi connectivity index (χ3v) is 2.49. The average Bonchev–Trinajstić information content (AvgIpc) is 2.48. The Balaban J connectivity index is 2.24. The first-order valence-electron chi connectivity index (χ1n) is 6.75. The molecule has 112 valence electrons. The first-order chi connectivity index (χ1) is 10.2. The van der Waals surface area contributed by atoms with E-state index in [9.17, 15) is 0 Å². The van der Waals surface area contributed by atoms with Gasteiger partial charge in [0.2, 0.25) is 5.95 Å². The Kier molecular flexibility index (Phi) is 5.28. The van der Waals surface area contributed by atoms with Crippen LogP contribution in [0.4, 0.5) is 5.95 Å². The number of rotatable bonds is 7. The van der Waals surface area contributed by atoms with Gasteiger partial charge in [-0.3, -0.25) is 0 Å². The summed E-state index contributed by atoms with van der Waals surface area (Å²) >= 11 is 0. The highest BCUT2D eigenvalue weighted by atomic mass is 16.5. The van der Waals surface area contributed by atoms with Crippen LogP contribution in [0.15, 0.2) is 24.3 Å². The molecule has 0 spiro atoms. The zero-order valence-electron chi connectivity index (χ0n) is 12.0. The molecule has 7 heteroatoms. The summed E-state index contributed by atoms with van der Waals surface area (Å²) in [6.07, 6.45) is 0. The van der Waals surface area contributed by atoms with Gasteiger partial charge < -0.3 is 19.9 Å². The second kappa shape index (κ2) is 7.39. The van der Waals surface area contributed by atoms with Crippen LogP contribution >= 0.6 is 0 Å². The van der Waals surface area contributed by atoms with Crippen molar-refractivity contribution < 1.29 is 14.6 Å². The molecular formula is C14H18N4O3. The predicted octanol–water partition coefficient (Wildman–Crippen LogP) is 1.99. The number of benzene rings is 1. The monoisotopic (exact) mass is 290 g/mol. The van der Waals surface area contributed by atoms with Gasteiger partial charge in [-0.25, -0.2) is 0 Å². The van der Waals surface area contributed by atoms with Crippen LogP contribution in [0.25, 0.3) is 0 Å². The number of aromatic nitrogens is 3. The summed E-state index contributed by atoms with van der Waals surface area (Å²) in [4.78, 5) is 12.4. The first kappa shape index (κ1) is 15.0. The Morgan fingerprint density at radius 1 is 1.14 bits per heavy atom. The van der Waals surface area contributed by atoms with E-state index in [1.54, 1.807) is 24.3 Å². The summed E-state index contributed by atoms with van der Waals surface area (Å²) in [6, 6.07) is 7.41. The Morgan fingerprint density at radius 2 is 1.95 bits per heavy atom. The van der Waals surface area contributed by atoms with Gasteiger partial charge in [0.25, 0.3) is 0 Å². The van der Waals surface area contributed by atoms with E-state index in [0.717, 1.165) is 5.56 Å². The van der Waals surface area contributed by atoms with Gasteiger partial charge in [0.05, 0.1) is 13.2 Å². The van der Waals surface area contributed by atoms with Crippen molar-refractivity contribution in [2.45, 2.75) is 20.5 Å². The lowest BCUT2D eigenvalue weighted by Gasteiger charge is -2.09. The van der Waals surface area contributed by atoms with Crippen molar-refractivity contribution in [2.24, 2.45) is 0 Å². The Bertz CT molecular complexity index is 568. The maximum Gasteiger partial charge on any atom is 0.330 e. The standard InChI is InChI=1S/C14H18N4O3/c1-3-15-12-16-13(20-4-2)18-14(17-12)21-11-7-5-6-10(8-11)9-19/h5-8,19H,3-4,9H2,1-2H3,(H,15,16,17,18). The van der Waals surface area contributed by atoms with Crippen LogP contribution in [0.5, 0.6) is 17.8 Å². The van der Waals surface area contributed by atoms with Crippen molar-refractivity contribution >= 4 is 5.95 Å². The molecule has 0 amide bonds. The number of nitrogens with zero attached hydrogens (tertiary/aromatic N) is 3. The van der Waals surface area contributed by atoms with E-state index in [0.29, 0.717) is 24.8 Å². The summed E-state index contributed by atoms with van der Waals surface area (Å²) in [6.45, 7) is 4.86. The normalized spacial score (nSPS) is 10.2. The fourth-order valence-corrected chi connectivity index (χ4v) is 1.63. The minimum absolute atomic E-state index is 0.0543. The molecule has 2 N–H and O–H groups in total. The van der Waals surface area contributed by atoms with Crippen molar-refractivity contribution in [1.29, 1.82) is 0 Å². The van der Waals surface area contributed by atoms with E-state index in [-0.39, 0.29) is 18.6 Å². The average molecular weight is 290 g/mol. The van der Waals surface area contributed by atoms with Crippen LogP contribution in [0, 0.1) is 0 Å². The zero-order chi connectivity index (χ0) is 15.1. The van der Waals surface area contributed by atoms with E-state index >= 15 is 0 Å². The van der Waals surface area contributed by atoms with Crippen LogP contribution in [-0.2, 0) is 6.61 Å². The van der Waals surface area contributed by atoms with E-state index in [1.165, 1.54) is 0 Å². The van der Waals surface area contributed by atoms with Crippen molar-refractivity contribution in [2.75, 3.05) is 18.5 Å². The molecule has 0 radical (unpaired) electrons. The van der Waals surface area contributed by atoms with Gasteiger partial charge in [-0.15, -0.1) is 4.98 Å². The molecule has 21 heavy (non-hydrogen) atoms. The Morgan fingerprint density at radius 3 is 2.67 bits per heavy atom. The molecule has 0 atom stereocenters. The molecule has 0 unspecified atom stereocenters. The molecule has 0 bridgehead atoms. The molecule has 0 saturated carbocycles. The largest absolute Gasteiger partial charge is 0.464 e. The molecule has 1 aromatic heterocycles. The third kappa shape index (κ3) is 4.28. The van der Waals surface area contributed by atoms with Crippen molar-refractivity contribution in [1.82, 2.24) is 15.0 Å². The fraction of sp³-hybridized carbons (Fsp3) is 0.357. The van der Waals surface area contributed by atoms with Gasteiger partial charge >= 0.3 is 12.0 Å². The van der Waals surface area contributed by atoms with Crippen molar-refractivity contribution in [3.05, 3.63) is 29.8 Å². The summed E-state index contributed by atoms with van der Waals surface area (Å²) in [5.41, 5.74) is 0.749. The van der Waals surface area contributed by atoms with Gasteiger partial charge in [0, 0.05) is 6.54 Å². The van der Waals surface area contributed by atoms with Crippen LogP contribution in [-0.4, -0.2) is 33.2 Å². The van der Waals surface area contributed by atoms with E-state index in [2.05, 4.69) is 20.3 Å². The molecule has 1 aromatic carbocycles. The lowest BCUT2D eigenvalue weighted by molar-refractivity contribution is 0.281. The Labute approximate surface area is 123 Å². The number of aliphatic hydroxyl groups excluding tert-OH is 1. The smallest absolute Gasteiger partial charge is 0.330 e. The maximum atomic E-state index is 9.13. The SMILES string of the molecule is CCNc1nc(OCC)nc(Oc2cccc(CO)c2)n1. The zero-order valence-corrected chi connectivity index (χ0v) is 12.0. The second-order valence-electron chi connectivity index (χ2n) is 4.10. The highest BCUT2D eigenvalue weighted by Gasteiger charge is 2.09. The van der Waals surface area contributed by atoms with Crippen LogP contribution in [0.1, 0.15) is 19.4 Å². The van der Waals surface area contributed by atoms with Crippen molar-refractivity contribution in [3.8, 4) is 17.8 Å². The maximum absolute atomic E-state index is 9.13. The number of hydrogen-bond acceptors (Lipinski definition) is 7. The topological polar surface area (TPSA) is 89.4 Å². The molecule has 0 aliphatic rings. The van der Waals surface area contributed by atoms with Crippen molar-refractivity contribution in [3.63, 3.8) is 0 Å². The lowest BCUT2D eigenvalue weighted by Crippen LogP contribution is -2.07. The fourth-order valence-electron chi connectivity index (χ4n) is 1.63. The van der Waals surface area contributed by atoms with Gasteiger partial charge in [-0.1, -0.05) is 12.1 Å². The predicted molar refractivity (Wildman–Crippen MR) is 77.6 cm³/mol. The minimum Gasteiger partial charge on any atom is -0.464 e. The number of aliphatic hydroxyl groups is 1. The minimum atomic E-state index is -0.0543. The highest BCUT2D eigenvalue weighted by molar-refractivity contribution is 5.32. The summed E-state index contributed by atoms with van der Waals surface area (Å²) in [5, 5.41) is 12.1. The van der Waals surface area contributed by atoms with Gasteiger partial charge in [0.15, 0.2) is 0 Å². The van der Waals surface area contributed by atoms with Crippen LogP contribution in [0.3, 0.4) is 0 Å². The summed E-state index contributed by atoms with van der Waals surface area (Å²) < 4.78 is 10.9. The quantitative estimate of drug-likeness (QED) is 0.806. The number of ether oxygens (including phenoxy) is 2.